The van der Waals surface area contributed by atoms with E-state index in [4.69, 9.17) is 85.3 Å². The third-order valence-corrected chi connectivity index (χ3v) is 21.0. The van der Waals surface area contributed by atoms with Crippen LogP contribution in [0.4, 0.5) is 4.39 Å². The Kier molecular flexibility index (Phi) is 58.9. The van der Waals surface area contributed by atoms with Gasteiger partial charge in [-0.3, -0.25) is 86.3 Å². The molecule has 4 aliphatic rings. The van der Waals surface area contributed by atoms with E-state index < -0.39 is 220 Å². The maximum absolute atomic E-state index is 17.3. The van der Waals surface area contributed by atoms with E-state index in [0.717, 1.165) is 73.5 Å². The van der Waals surface area contributed by atoms with Crippen molar-refractivity contribution < 1.29 is 181 Å². The molecule has 4 fully saturated rings. The monoisotopic (exact) mass is 1960 g/mol. The third-order valence-electron chi connectivity index (χ3n) is 21.0. The van der Waals surface area contributed by atoms with E-state index in [-0.39, 0.29) is 173 Å². The number of carbonyl (C=O) groups excluding carboxylic acids is 19. The van der Waals surface area contributed by atoms with Gasteiger partial charge in [0.05, 0.1) is 32.5 Å². The van der Waals surface area contributed by atoms with Crippen LogP contribution in [0.2, 0.25) is 0 Å². The summed E-state index contributed by atoms with van der Waals surface area (Å²) >= 11 is 0. The molecular formula is C89H143FN10O37. The minimum Gasteiger partial charge on any atom is -0.463 e. The molecule has 137 heavy (non-hydrogen) atoms. The van der Waals surface area contributed by atoms with E-state index >= 15 is 4.39 Å². The van der Waals surface area contributed by atoms with Crippen molar-refractivity contribution in [2.75, 3.05) is 105 Å². The maximum Gasteiger partial charge on any atom is 0.303 e. The number of hydrogen-bond acceptors (Lipinski definition) is 37. The molecule has 4 aliphatic heterocycles. The van der Waals surface area contributed by atoms with Crippen molar-refractivity contribution in [2.45, 2.75) is 347 Å². The minimum atomic E-state index is -2.16. The van der Waals surface area contributed by atoms with Gasteiger partial charge >= 0.3 is 47.8 Å². The number of halogens is 1. The van der Waals surface area contributed by atoms with Crippen molar-refractivity contribution in [1.82, 2.24) is 53.2 Å². The van der Waals surface area contributed by atoms with Crippen LogP contribution in [-0.2, 0) is 176 Å². The lowest BCUT2D eigenvalue weighted by molar-refractivity contribution is -0.277. The molecule has 0 aromatic heterocycles. The molecule has 10 N–H and O–H groups in total. The average molecular weight is 1960 g/mol. The SMILES string of the molecule is CC(=O)N[C@H]1[C@H](OCCCCC(=O)NCCCNC(=O)CCO[C@@H]2[C@@H](F)[C@H](NC(=O)CCCCCCCCC=O)O[C@H](COCCC(=O)NCCCNC(=O)CCCCO[C@@H]3O[C@H](COC(C)=O)[C@H](OC(C)=O)C[C@H]3NC(C)=O)[C@H]2OCCC(=O)NCCCNC(=O)CCCCO[C@@H]2O[C@H](COC(C)=O)[C@H](OC(C)=O)[C@H](OC(C)=O)[C@H]2NC(C)=O)O[C@H](COC(C)=O)[C@H](OC(C)=O)[C@@H]1OC(C)=O. The summed E-state index contributed by atoms with van der Waals surface area (Å²) in [6.45, 7) is 11.3. The van der Waals surface area contributed by atoms with Gasteiger partial charge in [-0.1, -0.05) is 25.7 Å². The first-order chi connectivity index (χ1) is 65.3. The molecule has 0 spiro atoms. The van der Waals surface area contributed by atoms with E-state index in [2.05, 4.69) is 53.2 Å². The fourth-order valence-corrected chi connectivity index (χ4v) is 14.8. The molecular weight excluding hydrogens is 1820 g/mol. The Labute approximate surface area is 796 Å². The van der Waals surface area contributed by atoms with Gasteiger partial charge in [0.2, 0.25) is 59.1 Å². The van der Waals surface area contributed by atoms with E-state index in [1.54, 1.807) is 0 Å². The first-order valence-corrected chi connectivity index (χ1v) is 46.7. The molecule has 4 saturated heterocycles. The average Bonchev–Trinajstić information content (AvgIpc) is 0.802. The van der Waals surface area contributed by atoms with Crippen LogP contribution < -0.4 is 53.2 Å². The number of nitrogens with one attached hydrogen (secondary N) is 10. The molecule has 48 heteroatoms. The normalized spacial score (nSPS) is 23.8. The molecule has 0 aliphatic carbocycles. The van der Waals surface area contributed by atoms with Gasteiger partial charge in [-0.25, -0.2) is 4.39 Å². The summed E-state index contributed by atoms with van der Waals surface area (Å²) in [5.41, 5.74) is 0. The smallest absolute Gasteiger partial charge is 0.303 e. The Bertz CT molecular complexity index is 3820. The topological polar surface area (TPSA) is 611 Å². The van der Waals surface area contributed by atoms with E-state index in [1.165, 1.54) is 34.6 Å². The Morgan fingerprint density at radius 1 is 0.299 bits per heavy atom. The summed E-state index contributed by atoms with van der Waals surface area (Å²) in [6, 6.07) is -3.08. The van der Waals surface area contributed by atoms with Gasteiger partial charge in [-0.05, 0) is 70.6 Å². The zero-order valence-electron chi connectivity index (χ0n) is 80.3. The van der Waals surface area contributed by atoms with E-state index in [1.807, 2.05) is 0 Å². The predicted octanol–water partition coefficient (Wildman–Crippen LogP) is 0.297. The lowest BCUT2D eigenvalue weighted by Crippen LogP contribution is -2.66. The van der Waals surface area contributed by atoms with Crippen LogP contribution in [0.25, 0.3) is 0 Å². The molecule has 19 atom stereocenters. The molecule has 0 bridgehead atoms. The van der Waals surface area contributed by atoms with Gasteiger partial charge in [0.25, 0.3) is 0 Å². The number of rotatable bonds is 67. The van der Waals surface area contributed by atoms with Crippen molar-refractivity contribution in [3.05, 3.63) is 0 Å². The van der Waals surface area contributed by atoms with E-state index in [9.17, 15) is 91.1 Å². The highest BCUT2D eigenvalue weighted by molar-refractivity contribution is 5.80. The molecule has 10 amide bonds. The van der Waals surface area contributed by atoms with Gasteiger partial charge in [0.1, 0.15) is 80.9 Å². The Hall–Kier alpha value is -10.3. The second kappa shape index (κ2) is 67.8. The molecule has 4 heterocycles. The van der Waals surface area contributed by atoms with Crippen LogP contribution in [-0.4, -0.2) is 335 Å². The molecule has 4 rings (SSSR count). The van der Waals surface area contributed by atoms with Gasteiger partial charge in [0.15, 0.2) is 55.7 Å². The molecule has 0 aromatic carbocycles. The predicted molar refractivity (Wildman–Crippen MR) is 471 cm³/mol. The summed E-state index contributed by atoms with van der Waals surface area (Å²) in [4.78, 5) is 236. The minimum absolute atomic E-state index is 0.00976. The highest BCUT2D eigenvalue weighted by atomic mass is 19.1. The van der Waals surface area contributed by atoms with Crippen LogP contribution in [0, 0.1) is 0 Å². The van der Waals surface area contributed by atoms with Crippen LogP contribution in [0.5, 0.6) is 0 Å². The zero-order chi connectivity index (χ0) is 101. The van der Waals surface area contributed by atoms with Crippen molar-refractivity contribution in [3.63, 3.8) is 0 Å². The third kappa shape index (κ3) is 51.2. The maximum atomic E-state index is 17.3. The Morgan fingerprint density at radius 2 is 0.635 bits per heavy atom. The first kappa shape index (κ1) is 119. The lowest BCUT2D eigenvalue weighted by Gasteiger charge is -2.44. The highest BCUT2D eigenvalue weighted by Crippen LogP contribution is 2.33. The molecule has 47 nitrogen and oxygen atoms in total. The molecule has 0 unspecified atom stereocenters. The number of hydrogen-bond donors (Lipinski definition) is 10. The van der Waals surface area contributed by atoms with Crippen molar-refractivity contribution >= 4 is 113 Å². The number of unbranched alkanes of at least 4 members (excludes halogenated alkanes) is 9. The Balaban J connectivity index is 1.37. The summed E-state index contributed by atoms with van der Waals surface area (Å²) < 4.78 is 120. The van der Waals surface area contributed by atoms with E-state index in [0.29, 0.717) is 64.2 Å². The molecule has 0 saturated carbocycles. The summed E-state index contributed by atoms with van der Waals surface area (Å²) in [5, 5.41) is 27.2. The summed E-state index contributed by atoms with van der Waals surface area (Å²) in [5.74, 6) is -10.1. The van der Waals surface area contributed by atoms with Crippen LogP contribution >= 0.6 is 0 Å². The highest BCUT2D eigenvalue weighted by Gasteiger charge is 2.54. The largest absolute Gasteiger partial charge is 0.463 e. The van der Waals surface area contributed by atoms with Gasteiger partial charge in [-0.2, -0.15) is 0 Å². The molecule has 778 valence electrons. The fourth-order valence-electron chi connectivity index (χ4n) is 14.8. The van der Waals surface area contributed by atoms with Gasteiger partial charge < -0.3 is 143 Å². The lowest BCUT2D eigenvalue weighted by atomic mass is 9.96. The summed E-state index contributed by atoms with van der Waals surface area (Å²) in [7, 11) is 0. The van der Waals surface area contributed by atoms with Crippen molar-refractivity contribution in [1.29, 1.82) is 0 Å². The first-order valence-electron chi connectivity index (χ1n) is 46.7. The number of aldehydes is 1. The van der Waals surface area contributed by atoms with Gasteiger partial charge in [-0.15, -0.1) is 0 Å². The number of carbonyl (C=O) groups is 19. The standard InChI is InChI=1S/C89H143FN10O37/c1-53(102)97-64-48-65(129-59(7)108)66(50-126-56(4)105)135-87(64)123-42-22-18-28-70(113)91-35-25-38-94-73(116)32-45-120-49-67-80(121-46-33-74(117)95-39-26-36-92-71(114)29-19-23-43-124-88-78(98-54(2)103)84(132-62(10)111)81(130-60(8)109)68(136-88)51-127-57(5)106)83(77(90)86(134-67)100-76(119)31-17-15-13-12-14-16-21-41-101)122-47-34-75(118)96-40-27-37-93-72(115)30-20-24-44-125-89-79(99-55(3)104)85(133-63(11)112)82(131-61(9)110)69(137-89)52-128-58(6)107/h41,64-69,77-89H,12-40,42-52H2,1-11H3,(H,91,113)(H,92,114)(H,93,115)(H,94,116)(H,95,117)(H,96,118)(H,97,102)(H,98,103)(H,99,104)(H,100,119)/t64-,65-,66-,67-,68-,69-,77-,78-,79-,80-,81+,82+,83-,84-,85-,86-,87-,88-,89-/m1/s1. The van der Waals surface area contributed by atoms with Crippen molar-refractivity contribution in [2.24, 2.45) is 0 Å². The van der Waals surface area contributed by atoms with Crippen LogP contribution in [0.3, 0.4) is 0 Å². The van der Waals surface area contributed by atoms with Gasteiger partial charge in [0, 0.05) is 193 Å². The Morgan fingerprint density at radius 3 is 1.03 bits per heavy atom. The number of alkyl halides is 1. The molecule has 0 aromatic rings. The zero-order valence-corrected chi connectivity index (χ0v) is 80.3. The number of ether oxygens (including phenoxy) is 18. The second-order valence-electron chi connectivity index (χ2n) is 33.0. The van der Waals surface area contributed by atoms with Crippen LogP contribution in [0.1, 0.15) is 230 Å². The van der Waals surface area contributed by atoms with Crippen molar-refractivity contribution in [3.8, 4) is 0 Å². The van der Waals surface area contributed by atoms with Crippen LogP contribution in [0.15, 0.2) is 0 Å². The summed E-state index contributed by atoms with van der Waals surface area (Å²) in [6.07, 6.45) is -13.0. The molecule has 0 radical (unpaired) electrons. The fraction of sp³-hybridized carbons (Fsp3) is 0.787. The number of amides is 10. The quantitative estimate of drug-likeness (QED) is 0.0169. The number of esters is 8. The second-order valence-corrected chi connectivity index (χ2v) is 33.0.